The molecular weight excluding hydrogens is 367 g/mol. The van der Waals surface area contributed by atoms with Crippen LogP contribution in [0.2, 0.25) is 5.02 Å². The third-order valence-electron chi connectivity index (χ3n) is 5.05. The Morgan fingerprint density at radius 3 is 2.67 bits per heavy atom. The summed E-state index contributed by atoms with van der Waals surface area (Å²) in [5.41, 5.74) is 1.48. The van der Waals surface area contributed by atoms with Gasteiger partial charge in [0.15, 0.2) is 0 Å². The van der Waals surface area contributed by atoms with E-state index in [1.165, 1.54) is 6.07 Å². The first-order chi connectivity index (χ1) is 13.1. The molecule has 1 saturated heterocycles. The van der Waals surface area contributed by atoms with Crippen molar-refractivity contribution in [1.29, 1.82) is 0 Å². The Morgan fingerprint density at radius 2 is 1.96 bits per heavy atom. The average Bonchev–Trinajstić information content (AvgIpc) is 2.69. The first kappa shape index (κ1) is 19.6. The quantitative estimate of drug-likeness (QED) is 0.810. The van der Waals surface area contributed by atoms with E-state index in [9.17, 15) is 9.18 Å². The van der Waals surface area contributed by atoms with Crippen LogP contribution in [0.1, 0.15) is 24.0 Å². The number of ether oxygens (including phenoxy) is 1. The van der Waals surface area contributed by atoms with Gasteiger partial charge in [-0.2, -0.15) is 0 Å². The van der Waals surface area contributed by atoms with Crippen LogP contribution in [0.3, 0.4) is 0 Å². The minimum Gasteiger partial charge on any atom is -0.496 e. The molecule has 0 aromatic heterocycles. The number of likely N-dealkylation sites (tertiary alicyclic amines) is 1. The second kappa shape index (κ2) is 9.20. The van der Waals surface area contributed by atoms with Crippen molar-refractivity contribution in [3.63, 3.8) is 0 Å². The summed E-state index contributed by atoms with van der Waals surface area (Å²) in [6, 6.07) is 12.4. The van der Waals surface area contributed by atoms with Crippen LogP contribution in [0, 0.1) is 11.7 Å². The van der Waals surface area contributed by atoms with Gasteiger partial charge in [-0.05, 0) is 44.1 Å². The van der Waals surface area contributed by atoms with Crippen molar-refractivity contribution >= 4 is 17.5 Å². The van der Waals surface area contributed by atoms with Gasteiger partial charge in [-0.1, -0.05) is 35.9 Å². The predicted molar refractivity (Wildman–Crippen MR) is 104 cm³/mol. The maximum Gasteiger partial charge on any atom is 0.223 e. The zero-order valence-corrected chi connectivity index (χ0v) is 16.1. The summed E-state index contributed by atoms with van der Waals surface area (Å²) in [4.78, 5) is 14.6. The van der Waals surface area contributed by atoms with E-state index in [-0.39, 0.29) is 17.6 Å². The van der Waals surface area contributed by atoms with E-state index in [4.69, 9.17) is 16.3 Å². The van der Waals surface area contributed by atoms with E-state index in [1.807, 2.05) is 24.3 Å². The number of benzene rings is 2. The number of piperidine rings is 1. The molecule has 0 aliphatic carbocycles. The van der Waals surface area contributed by atoms with Crippen LogP contribution in [0.15, 0.2) is 42.5 Å². The number of para-hydroxylation sites is 1. The molecule has 6 heteroatoms. The lowest BCUT2D eigenvalue weighted by atomic mass is 9.95. The molecule has 0 atom stereocenters. The number of hydrogen-bond donors (Lipinski definition) is 1. The van der Waals surface area contributed by atoms with E-state index in [0.29, 0.717) is 23.7 Å². The summed E-state index contributed by atoms with van der Waals surface area (Å²) in [7, 11) is 1.62. The van der Waals surface area contributed by atoms with Gasteiger partial charge in [-0.3, -0.25) is 9.69 Å². The molecule has 1 amide bonds. The Bertz CT molecular complexity index is 771. The highest BCUT2D eigenvalue weighted by Gasteiger charge is 2.25. The first-order valence-corrected chi connectivity index (χ1v) is 9.51. The second-order valence-corrected chi connectivity index (χ2v) is 7.19. The lowest BCUT2D eigenvalue weighted by Gasteiger charge is -2.31. The van der Waals surface area contributed by atoms with Crippen LogP contribution in [0.5, 0.6) is 5.75 Å². The topological polar surface area (TPSA) is 41.6 Å². The lowest BCUT2D eigenvalue weighted by molar-refractivity contribution is -0.126. The van der Waals surface area contributed by atoms with Crippen molar-refractivity contribution in [3.05, 3.63) is 64.4 Å². The number of carbonyl (C=O) groups excluding carboxylic acids is 1. The Kier molecular flexibility index (Phi) is 6.69. The monoisotopic (exact) mass is 390 g/mol. The van der Waals surface area contributed by atoms with E-state index in [1.54, 1.807) is 19.2 Å². The number of halogens is 2. The fraction of sp³-hybridized carbons (Fsp3) is 0.381. The molecule has 0 bridgehead atoms. The molecule has 1 N–H and O–H groups in total. The third kappa shape index (κ3) is 4.99. The zero-order valence-electron chi connectivity index (χ0n) is 15.4. The summed E-state index contributed by atoms with van der Waals surface area (Å²) in [6.07, 6.45) is 1.51. The van der Waals surface area contributed by atoms with Crippen molar-refractivity contribution in [2.75, 3.05) is 20.2 Å². The molecule has 2 aromatic rings. The number of rotatable bonds is 6. The molecule has 27 heavy (non-hydrogen) atoms. The van der Waals surface area contributed by atoms with Gasteiger partial charge in [0.05, 0.1) is 7.11 Å². The lowest BCUT2D eigenvalue weighted by Crippen LogP contribution is -2.40. The van der Waals surface area contributed by atoms with Crippen LogP contribution in [-0.2, 0) is 17.9 Å². The Morgan fingerprint density at radius 1 is 1.22 bits per heavy atom. The van der Waals surface area contributed by atoms with Crippen LogP contribution in [-0.4, -0.2) is 31.0 Å². The van der Waals surface area contributed by atoms with Gasteiger partial charge in [-0.15, -0.1) is 0 Å². The SMILES string of the molecule is COc1ccccc1CNC(=O)C1CCN(Cc2c(F)cccc2Cl)CC1. The molecule has 0 radical (unpaired) electrons. The van der Waals surface area contributed by atoms with Gasteiger partial charge in [0.2, 0.25) is 5.91 Å². The third-order valence-corrected chi connectivity index (χ3v) is 5.40. The van der Waals surface area contributed by atoms with Crippen LogP contribution >= 0.6 is 11.6 Å². The van der Waals surface area contributed by atoms with Crippen molar-refractivity contribution in [2.24, 2.45) is 5.92 Å². The molecule has 0 saturated carbocycles. The summed E-state index contributed by atoms with van der Waals surface area (Å²) in [5.74, 6) is 0.532. The molecule has 0 unspecified atom stereocenters. The predicted octanol–water partition coefficient (Wildman–Crippen LogP) is 4.02. The van der Waals surface area contributed by atoms with Gasteiger partial charge >= 0.3 is 0 Å². The van der Waals surface area contributed by atoms with Crippen molar-refractivity contribution in [1.82, 2.24) is 10.2 Å². The van der Waals surface area contributed by atoms with E-state index >= 15 is 0 Å². The van der Waals surface area contributed by atoms with Gasteiger partial charge in [0.1, 0.15) is 11.6 Å². The van der Waals surface area contributed by atoms with Crippen LogP contribution in [0.25, 0.3) is 0 Å². The first-order valence-electron chi connectivity index (χ1n) is 9.13. The minimum absolute atomic E-state index is 0.0213. The summed E-state index contributed by atoms with van der Waals surface area (Å²) >= 11 is 6.11. The molecule has 1 aliphatic rings. The van der Waals surface area contributed by atoms with E-state index in [2.05, 4.69) is 10.2 Å². The smallest absolute Gasteiger partial charge is 0.223 e. The maximum atomic E-state index is 13.9. The Balaban J connectivity index is 1.49. The number of hydrogen-bond acceptors (Lipinski definition) is 3. The average molecular weight is 391 g/mol. The van der Waals surface area contributed by atoms with Crippen molar-refractivity contribution in [2.45, 2.75) is 25.9 Å². The van der Waals surface area contributed by atoms with Crippen molar-refractivity contribution < 1.29 is 13.9 Å². The molecule has 0 spiro atoms. The van der Waals surface area contributed by atoms with E-state index in [0.717, 1.165) is 37.2 Å². The highest BCUT2D eigenvalue weighted by Crippen LogP contribution is 2.24. The van der Waals surface area contributed by atoms with E-state index < -0.39 is 0 Å². The molecule has 2 aromatic carbocycles. The largest absolute Gasteiger partial charge is 0.496 e. The second-order valence-electron chi connectivity index (χ2n) is 6.78. The molecule has 4 nitrogen and oxygen atoms in total. The summed E-state index contributed by atoms with van der Waals surface area (Å²) in [6.45, 7) is 2.42. The van der Waals surface area contributed by atoms with Gasteiger partial charge in [0.25, 0.3) is 0 Å². The molecule has 144 valence electrons. The number of carbonyl (C=O) groups is 1. The van der Waals surface area contributed by atoms with Crippen molar-refractivity contribution in [3.8, 4) is 5.75 Å². The number of nitrogens with one attached hydrogen (secondary N) is 1. The fourth-order valence-electron chi connectivity index (χ4n) is 3.44. The van der Waals surface area contributed by atoms with Gasteiger partial charge in [0, 0.05) is 35.2 Å². The summed E-state index contributed by atoms with van der Waals surface area (Å²) in [5, 5.41) is 3.46. The zero-order chi connectivity index (χ0) is 19.2. The van der Waals surface area contributed by atoms with Crippen LogP contribution < -0.4 is 10.1 Å². The molecular formula is C21H24ClFN2O2. The number of nitrogens with zero attached hydrogens (tertiary/aromatic N) is 1. The van der Waals surface area contributed by atoms with Crippen LogP contribution in [0.4, 0.5) is 4.39 Å². The molecule has 1 heterocycles. The maximum absolute atomic E-state index is 13.9. The number of methoxy groups -OCH3 is 1. The minimum atomic E-state index is -0.279. The summed E-state index contributed by atoms with van der Waals surface area (Å²) < 4.78 is 19.3. The Hall–Kier alpha value is -2.11. The molecule has 1 fully saturated rings. The molecule has 3 rings (SSSR count). The standard InChI is InChI=1S/C21H24ClFN2O2/c1-27-20-8-3-2-5-16(20)13-24-21(26)15-9-11-25(12-10-15)14-17-18(22)6-4-7-19(17)23/h2-8,15H,9-14H2,1H3,(H,24,26). The normalized spacial score (nSPS) is 15.5. The molecule has 1 aliphatic heterocycles. The van der Waals surface area contributed by atoms with Gasteiger partial charge in [-0.25, -0.2) is 4.39 Å². The highest BCUT2D eigenvalue weighted by molar-refractivity contribution is 6.31. The highest BCUT2D eigenvalue weighted by atomic mass is 35.5. The number of amides is 1. The Labute approximate surface area is 164 Å². The van der Waals surface area contributed by atoms with Gasteiger partial charge < -0.3 is 10.1 Å². The fourth-order valence-corrected chi connectivity index (χ4v) is 3.66.